The van der Waals surface area contributed by atoms with E-state index >= 15 is 0 Å². The van der Waals surface area contributed by atoms with Crippen molar-refractivity contribution in [1.29, 1.82) is 0 Å². The first kappa shape index (κ1) is 8.87. The summed E-state index contributed by atoms with van der Waals surface area (Å²) in [6.45, 7) is 0. The van der Waals surface area contributed by atoms with Crippen LogP contribution in [0, 0.1) is 0 Å². The summed E-state index contributed by atoms with van der Waals surface area (Å²) in [6, 6.07) is 5.66. The summed E-state index contributed by atoms with van der Waals surface area (Å²) in [6.07, 6.45) is 0.711. The number of aldehydes is 1. The molecule has 2 N–H and O–H groups in total. The van der Waals surface area contributed by atoms with Crippen molar-refractivity contribution in [2.75, 3.05) is 29.6 Å². The molecule has 0 aliphatic carbocycles. The van der Waals surface area contributed by atoms with E-state index in [2.05, 4.69) is 0 Å². The van der Waals surface area contributed by atoms with E-state index < -0.39 is 0 Å². The van der Waals surface area contributed by atoms with Crippen LogP contribution in [0.1, 0.15) is 0 Å². The van der Waals surface area contributed by atoms with Crippen LogP contribution in [0.2, 0.25) is 0 Å². The molecule has 0 amide bonds. The smallest absolute Gasteiger partial charge is 0.162 e. The minimum Gasteiger partial charge on any atom is -0.399 e. The molecule has 0 radical (unpaired) electrons. The minimum atomic E-state index is -0.216. The normalized spacial score (nSPS) is 19.7. The molecule has 0 saturated heterocycles. The predicted molar refractivity (Wildman–Crippen MR) is 57.5 cm³/mol. The maximum absolute atomic E-state index is 10.9. The van der Waals surface area contributed by atoms with Gasteiger partial charge in [0, 0.05) is 19.8 Å². The Morgan fingerprint density at radius 3 is 2.57 bits per heavy atom. The first-order chi connectivity index (χ1) is 6.65. The van der Waals surface area contributed by atoms with Crippen LogP contribution < -0.4 is 15.5 Å². The number of nitrogen functional groups attached to an aromatic ring is 1. The number of hydrogen-bond donors (Lipinski definition) is 1. The lowest BCUT2D eigenvalue weighted by Gasteiger charge is -2.21. The minimum absolute atomic E-state index is 0.216. The van der Waals surface area contributed by atoms with Crippen molar-refractivity contribution >= 4 is 23.3 Å². The first-order valence-corrected chi connectivity index (χ1v) is 4.45. The van der Waals surface area contributed by atoms with Crippen LogP contribution >= 0.6 is 0 Å². The Kier molecular flexibility index (Phi) is 1.84. The molecular weight excluding hydrogens is 178 g/mol. The molecule has 1 aliphatic rings. The zero-order valence-corrected chi connectivity index (χ0v) is 8.27. The van der Waals surface area contributed by atoms with Crippen molar-refractivity contribution in [3.63, 3.8) is 0 Å². The van der Waals surface area contributed by atoms with Crippen molar-refractivity contribution in [3.8, 4) is 0 Å². The molecule has 1 heterocycles. The highest BCUT2D eigenvalue weighted by molar-refractivity contribution is 5.86. The molecule has 4 nitrogen and oxygen atoms in total. The lowest BCUT2D eigenvalue weighted by atomic mass is 10.2. The van der Waals surface area contributed by atoms with Gasteiger partial charge in [-0.1, -0.05) is 0 Å². The standard InChI is InChI=1S/C10H13N3O/c1-12-8-4-3-7(11)5-9(8)13(2)10(12)6-14/h3-6,10H,11H2,1-2H3. The fourth-order valence-corrected chi connectivity index (χ4v) is 1.85. The van der Waals surface area contributed by atoms with Crippen LogP contribution in [-0.4, -0.2) is 26.5 Å². The molecule has 0 bridgehead atoms. The second-order valence-corrected chi connectivity index (χ2v) is 3.52. The van der Waals surface area contributed by atoms with E-state index in [0.717, 1.165) is 23.3 Å². The molecule has 1 atom stereocenters. The van der Waals surface area contributed by atoms with E-state index in [9.17, 15) is 4.79 Å². The molecule has 1 aromatic carbocycles. The average Bonchev–Trinajstić information content (AvgIpc) is 2.39. The van der Waals surface area contributed by atoms with Gasteiger partial charge in [-0.25, -0.2) is 0 Å². The lowest BCUT2D eigenvalue weighted by Crippen LogP contribution is -2.40. The van der Waals surface area contributed by atoms with E-state index in [1.165, 1.54) is 0 Å². The number of nitrogens with zero attached hydrogens (tertiary/aromatic N) is 2. The number of anilines is 3. The van der Waals surface area contributed by atoms with Crippen LogP contribution in [0.15, 0.2) is 18.2 Å². The van der Waals surface area contributed by atoms with Crippen LogP contribution in [0.3, 0.4) is 0 Å². The van der Waals surface area contributed by atoms with E-state index in [0.29, 0.717) is 0 Å². The van der Waals surface area contributed by atoms with Gasteiger partial charge in [0.05, 0.1) is 11.4 Å². The summed E-state index contributed by atoms with van der Waals surface area (Å²) >= 11 is 0. The van der Waals surface area contributed by atoms with E-state index in [1.54, 1.807) is 0 Å². The molecule has 2 rings (SSSR count). The number of nitrogens with two attached hydrogens (primary N) is 1. The molecule has 0 saturated carbocycles. The van der Waals surface area contributed by atoms with Crippen molar-refractivity contribution in [2.45, 2.75) is 6.17 Å². The van der Waals surface area contributed by atoms with Gasteiger partial charge in [0.25, 0.3) is 0 Å². The zero-order chi connectivity index (χ0) is 10.3. The Bertz CT molecular complexity index is 378. The van der Waals surface area contributed by atoms with Gasteiger partial charge < -0.3 is 15.5 Å². The molecule has 14 heavy (non-hydrogen) atoms. The molecule has 0 spiro atoms. The van der Waals surface area contributed by atoms with Crippen LogP contribution in [0.25, 0.3) is 0 Å². The maximum atomic E-state index is 10.9. The van der Waals surface area contributed by atoms with Crippen LogP contribution in [0.5, 0.6) is 0 Å². The molecular formula is C10H13N3O. The fourth-order valence-electron chi connectivity index (χ4n) is 1.85. The molecule has 74 valence electrons. The quantitative estimate of drug-likeness (QED) is 0.524. The van der Waals surface area contributed by atoms with Crippen LogP contribution in [-0.2, 0) is 4.79 Å². The van der Waals surface area contributed by atoms with E-state index in [-0.39, 0.29) is 6.17 Å². The highest BCUT2D eigenvalue weighted by atomic mass is 16.1. The molecule has 0 aromatic heterocycles. The fraction of sp³-hybridized carbons (Fsp3) is 0.300. The Morgan fingerprint density at radius 2 is 1.93 bits per heavy atom. The van der Waals surface area contributed by atoms with Gasteiger partial charge >= 0.3 is 0 Å². The van der Waals surface area contributed by atoms with Gasteiger partial charge in [-0.15, -0.1) is 0 Å². The van der Waals surface area contributed by atoms with Crippen molar-refractivity contribution < 1.29 is 4.79 Å². The topological polar surface area (TPSA) is 49.6 Å². The maximum Gasteiger partial charge on any atom is 0.162 e. The Balaban J connectivity index is 2.52. The largest absolute Gasteiger partial charge is 0.399 e. The number of rotatable bonds is 1. The van der Waals surface area contributed by atoms with Crippen molar-refractivity contribution in [2.24, 2.45) is 0 Å². The summed E-state index contributed by atoms with van der Waals surface area (Å²) in [5, 5.41) is 0. The Labute approximate surface area is 82.9 Å². The van der Waals surface area contributed by atoms with Crippen molar-refractivity contribution in [1.82, 2.24) is 0 Å². The molecule has 4 heteroatoms. The van der Waals surface area contributed by atoms with Gasteiger partial charge in [-0.05, 0) is 18.2 Å². The molecule has 1 aromatic rings. The van der Waals surface area contributed by atoms with E-state index in [1.807, 2.05) is 42.1 Å². The Morgan fingerprint density at radius 1 is 1.29 bits per heavy atom. The summed E-state index contributed by atoms with van der Waals surface area (Å²) in [5.74, 6) is 0. The monoisotopic (exact) mass is 191 g/mol. The van der Waals surface area contributed by atoms with Gasteiger partial charge in [0.15, 0.2) is 12.5 Å². The summed E-state index contributed by atoms with van der Waals surface area (Å²) in [4.78, 5) is 14.7. The molecule has 0 fully saturated rings. The summed E-state index contributed by atoms with van der Waals surface area (Å²) in [5.41, 5.74) is 8.45. The SMILES string of the molecule is CN1c2ccc(N)cc2N(C)C1C=O. The third-order valence-corrected chi connectivity index (χ3v) is 2.67. The van der Waals surface area contributed by atoms with Gasteiger partial charge in [-0.3, -0.25) is 4.79 Å². The highest BCUT2D eigenvalue weighted by Crippen LogP contribution is 2.37. The van der Waals surface area contributed by atoms with E-state index in [4.69, 9.17) is 5.73 Å². The number of carbonyl (C=O) groups is 1. The summed E-state index contributed by atoms with van der Waals surface area (Å²) in [7, 11) is 3.79. The number of hydrogen-bond acceptors (Lipinski definition) is 4. The number of benzene rings is 1. The second kappa shape index (κ2) is 2.90. The highest BCUT2D eigenvalue weighted by Gasteiger charge is 2.30. The molecule has 1 aliphatic heterocycles. The van der Waals surface area contributed by atoms with Crippen LogP contribution in [0.4, 0.5) is 17.1 Å². The average molecular weight is 191 g/mol. The first-order valence-electron chi connectivity index (χ1n) is 4.45. The number of fused-ring (bicyclic) bond motifs is 1. The van der Waals surface area contributed by atoms with Gasteiger partial charge in [0.2, 0.25) is 0 Å². The molecule has 1 unspecified atom stereocenters. The lowest BCUT2D eigenvalue weighted by molar-refractivity contribution is -0.108. The summed E-state index contributed by atoms with van der Waals surface area (Å²) < 4.78 is 0. The second-order valence-electron chi connectivity index (χ2n) is 3.52. The Hall–Kier alpha value is -1.71. The third kappa shape index (κ3) is 1.04. The van der Waals surface area contributed by atoms with Gasteiger partial charge in [0.1, 0.15) is 0 Å². The predicted octanol–water partition coefficient (Wildman–Crippen LogP) is 0.680. The number of likely N-dealkylation sites (N-methyl/N-ethyl adjacent to an activating group) is 2. The zero-order valence-electron chi connectivity index (χ0n) is 8.27. The third-order valence-electron chi connectivity index (χ3n) is 2.67. The number of carbonyl (C=O) groups excluding carboxylic acids is 1. The van der Waals surface area contributed by atoms with Crippen molar-refractivity contribution in [3.05, 3.63) is 18.2 Å². The van der Waals surface area contributed by atoms with Gasteiger partial charge in [-0.2, -0.15) is 0 Å².